The maximum absolute atomic E-state index is 12.5. The van der Waals surface area contributed by atoms with Crippen LogP contribution in [0.25, 0.3) is 0 Å². The van der Waals surface area contributed by atoms with E-state index in [1.807, 2.05) is 12.1 Å². The molecule has 1 aromatic carbocycles. The molecule has 0 N–H and O–H groups in total. The zero-order chi connectivity index (χ0) is 17.7. The van der Waals surface area contributed by atoms with Gasteiger partial charge in [0.15, 0.2) is 0 Å². The van der Waals surface area contributed by atoms with Crippen molar-refractivity contribution in [3.63, 3.8) is 0 Å². The van der Waals surface area contributed by atoms with E-state index >= 15 is 0 Å². The Hall–Kier alpha value is -2.20. The molecule has 1 fully saturated rings. The van der Waals surface area contributed by atoms with Crippen LogP contribution in [-0.4, -0.2) is 54.7 Å². The van der Waals surface area contributed by atoms with Crippen molar-refractivity contribution < 1.29 is 22.7 Å². The lowest BCUT2D eigenvalue weighted by Gasteiger charge is -2.25. The molecule has 1 saturated heterocycles. The fraction of sp³-hybridized carbons (Fsp3) is 0.471. The lowest BCUT2D eigenvalue weighted by atomic mass is 10.1. The van der Waals surface area contributed by atoms with Crippen LogP contribution in [0.5, 0.6) is 5.75 Å². The van der Waals surface area contributed by atoms with Gasteiger partial charge in [-0.3, -0.25) is 9.69 Å². The van der Waals surface area contributed by atoms with Gasteiger partial charge in [0.1, 0.15) is 18.9 Å². The molecule has 130 valence electrons. The Balaban J connectivity index is 2.02. The third kappa shape index (κ3) is 4.65. The number of likely N-dealkylation sites (N-methyl/N-ethyl adjacent to an activating group) is 1. The first-order chi connectivity index (χ1) is 11.3. The number of nitrogens with zero attached hydrogens (tertiary/aromatic N) is 2. The summed E-state index contributed by atoms with van der Waals surface area (Å²) in [5, 5.41) is 0. The first kappa shape index (κ1) is 18.1. The SMILES string of the molecule is C#CCOc1ccccc1CN(C)C1CCN(CC(F)(F)F)C1=O. The Bertz CT molecular complexity index is 625. The van der Waals surface area contributed by atoms with Crippen molar-refractivity contribution in [2.75, 3.05) is 26.7 Å². The maximum atomic E-state index is 12.5. The summed E-state index contributed by atoms with van der Waals surface area (Å²) in [5.74, 6) is 2.51. The van der Waals surface area contributed by atoms with E-state index in [0.717, 1.165) is 10.5 Å². The second-order valence-corrected chi connectivity index (χ2v) is 5.70. The lowest BCUT2D eigenvalue weighted by molar-refractivity contribution is -0.159. The van der Waals surface area contributed by atoms with E-state index in [2.05, 4.69) is 5.92 Å². The number of ether oxygens (including phenoxy) is 1. The number of hydrogen-bond acceptors (Lipinski definition) is 3. The molecular formula is C17H19F3N2O2. The summed E-state index contributed by atoms with van der Waals surface area (Å²) in [4.78, 5) is 14.8. The molecule has 1 aromatic rings. The Morgan fingerprint density at radius 3 is 2.79 bits per heavy atom. The minimum Gasteiger partial charge on any atom is -0.481 e. The molecule has 1 atom stereocenters. The number of hydrogen-bond donors (Lipinski definition) is 0. The molecule has 1 unspecified atom stereocenters. The molecule has 0 radical (unpaired) electrons. The fourth-order valence-electron chi connectivity index (χ4n) is 2.78. The number of rotatable bonds is 6. The van der Waals surface area contributed by atoms with Crippen LogP contribution in [0.15, 0.2) is 24.3 Å². The van der Waals surface area contributed by atoms with Gasteiger partial charge in [0.2, 0.25) is 5.91 Å². The molecule has 7 heteroatoms. The third-order valence-corrected chi connectivity index (χ3v) is 3.87. The number of benzene rings is 1. The number of alkyl halides is 3. The molecule has 1 aliphatic rings. The average Bonchev–Trinajstić information content (AvgIpc) is 2.85. The third-order valence-electron chi connectivity index (χ3n) is 3.87. The molecule has 1 aliphatic heterocycles. The summed E-state index contributed by atoms with van der Waals surface area (Å²) in [6, 6.07) is 6.69. The van der Waals surface area contributed by atoms with Gasteiger partial charge >= 0.3 is 6.18 Å². The van der Waals surface area contributed by atoms with Crippen LogP contribution < -0.4 is 4.74 Å². The molecular weight excluding hydrogens is 321 g/mol. The minimum atomic E-state index is -4.38. The average molecular weight is 340 g/mol. The molecule has 0 saturated carbocycles. The van der Waals surface area contributed by atoms with Gasteiger partial charge in [-0.25, -0.2) is 0 Å². The number of terminal acetylenes is 1. The van der Waals surface area contributed by atoms with Crippen LogP contribution in [0, 0.1) is 12.3 Å². The smallest absolute Gasteiger partial charge is 0.406 e. The lowest BCUT2D eigenvalue weighted by Crippen LogP contribution is -2.42. The van der Waals surface area contributed by atoms with Crippen molar-refractivity contribution in [2.45, 2.75) is 25.2 Å². The van der Waals surface area contributed by atoms with Gasteiger partial charge < -0.3 is 9.64 Å². The fourth-order valence-corrected chi connectivity index (χ4v) is 2.78. The zero-order valence-corrected chi connectivity index (χ0v) is 13.3. The molecule has 0 bridgehead atoms. The summed E-state index contributed by atoms with van der Waals surface area (Å²) in [6.45, 7) is -0.569. The van der Waals surface area contributed by atoms with Crippen molar-refractivity contribution in [1.29, 1.82) is 0 Å². The van der Waals surface area contributed by atoms with Gasteiger partial charge in [0.25, 0.3) is 0 Å². The van der Waals surface area contributed by atoms with Crippen molar-refractivity contribution in [2.24, 2.45) is 0 Å². The minimum absolute atomic E-state index is 0.114. The monoisotopic (exact) mass is 340 g/mol. The van der Waals surface area contributed by atoms with Gasteiger partial charge in [-0.05, 0) is 19.5 Å². The van der Waals surface area contributed by atoms with E-state index in [0.29, 0.717) is 18.7 Å². The van der Waals surface area contributed by atoms with Gasteiger partial charge in [0.05, 0.1) is 6.04 Å². The standard InChI is InChI=1S/C17H19F3N2O2/c1-3-10-24-15-7-5-4-6-13(15)11-21(2)14-8-9-22(16(14)23)12-17(18,19)20/h1,4-7,14H,8-12H2,2H3. The van der Waals surface area contributed by atoms with Crippen LogP contribution in [-0.2, 0) is 11.3 Å². The van der Waals surface area contributed by atoms with Crippen LogP contribution in [0.1, 0.15) is 12.0 Å². The van der Waals surface area contributed by atoms with Gasteiger partial charge in [0, 0.05) is 18.7 Å². The van der Waals surface area contributed by atoms with Crippen LogP contribution in [0.3, 0.4) is 0 Å². The van der Waals surface area contributed by atoms with Crippen molar-refractivity contribution in [3.05, 3.63) is 29.8 Å². The number of carbonyl (C=O) groups is 1. The highest BCUT2D eigenvalue weighted by Gasteiger charge is 2.40. The number of carbonyl (C=O) groups excluding carboxylic acids is 1. The van der Waals surface area contributed by atoms with Gasteiger partial charge in [-0.1, -0.05) is 24.1 Å². The van der Waals surface area contributed by atoms with Crippen LogP contribution in [0.2, 0.25) is 0 Å². The maximum Gasteiger partial charge on any atom is 0.406 e. The molecule has 0 aromatic heterocycles. The Morgan fingerprint density at radius 2 is 2.12 bits per heavy atom. The summed E-state index contributed by atoms with van der Waals surface area (Å²) >= 11 is 0. The van der Waals surface area contributed by atoms with Crippen molar-refractivity contribution >= 4 is 5.91 Å². The molecule has 4 nitrogen and oxygen atoms in total. The molecule has 1 amide bonds. The highest BCUT2D eigenvalue weighted by Crippen LogP contribution is 2.25. The van der Waals surface area contributed by atoms with Gasteiger partial charge in [-0.15, -0.1) is 6.42 Å². The molecule has 24 heavy (non-hydrogen) atoms. The van der Waals surface area contributed by atoms with E-state index < -0.39 is 24.7 Å². The summed E-state index contributed by atoms with van der Waals surface area (Å²) < 4.78 is 42.9. The Labute approximate surface area is 139 Å². The van der Waals surface area contributed by atoms with E-state index in [-0.39, 0.29) is 13.2 Å². The van der Waals surface area contributed by atoms with Crippen LogP contribution in [0.4, 0.5) is 13.2 Å². The van der Waals surface area contributed by atoms with E-state index in [1.54, 1.807) is 24.1 Å². The summed E-state index contributed by atoms with van der Waals surface area (Å²) in [7, 11) is 1.72. The number of amides is 1. The summed E-state index contributed by atoms with van der Waals surface area (Å²) in [6.07, 6.45) is 1.18. The van der Waals surface area contributed by atoms with E-state index in [9.17, 15) is 18.0 Å². The largest absolute Gasteiger partial charge is 0.481 e. The number of likely N-dealkylation sites (tertiary alicyclic amines) is 1. The highest BCUT2D eigenvalue weighted by molar-refractivity contribution is 5.84. The quantitative estimate of drug-likeness (QED) is 0.745. The van der Waals surface area contributed by atoms with Crippen molar-refractivity contribution in [3.8, 4) is 18.1 Å². The van der Waals surface area contributed by atoms with Gasteiger partial charge in [-0.2, -0.15) is 13.2 Å². The first-order valence-electron chi connectivity index (χ1n) is 7.52. The second-order valence-electron chi connectivity index (χ2n) is 5.70. The highest BCUT2D eigenvalue weighted by atomic mass is 19.4. The van der Waals surface area contributed by atoms with Crippen LogP contribution >= 0.6 is 0 Å². The number of halogens is 3. The molecule has 1 heterocycles. The first-order valence-corrected chi connectivity index (χ1v) is 7.52. The summed E-state index contributed by atoms with van der Waals surface area (Å²) in [5.41, 5.74) is 0.831. The molecule has 0 spiro atoms. The molecule has 0 aliphatic carbocycles. The zero-order valence-electron chi connectivity index (χ0n) is 13.3. The normalized spacial score (nSPS) is 18.1. The van der Waals surface area contributed by atoms with Crippen molar-refractivity contribution in [1.82, 2.24) is 9.80 Å². The van der Waals surface area contributed by atoms with E-state index in [4.69, 9.17) is 11.2 Å². The molecule has 2 rings (SSSR count). The predicted octanol–water partition coefficient (Wildman–Crippen LogP) is 2.29. The Morgan fingerprint density at radius 1 is 1.42 bits per heavy atom. The predicted molar refractivity (Wildman–Crippen MR) is 83.3 cm³/mol. The number of para-hydroxylation sites is 1. The second kappa shape index (κ2) is 7.58. The topological polar surface area (TPSA) is 32.8 Å². The van der Waals surface area contributed by atoms with E-state index in [1.165, 1.54) is 0 Å². The Kier molecular flexibility index (Phi) is 5.73.